The van der Waals surface area contributed by atoms with Crippen molar-refractivity contribution in [1.29, 1.82) is 0 Å². The summed E-state index contributed by atoms with van der Waals surface area (Å²) in [5.74, 6) is -0.429. The van der Waals surface area contributed by atoms with Crippen molar-refractivity contribution >= 4 is 5.97 Å². The third kappa shape index (κ3) is 3.45. The van der Waals surface area contributed by atoms with Crippen molar-refractivity contribution in [3.05, 3.63) is 71.3 Å². The first kappa shape index (κ1) is 14.3. The summed E-state index contributed by atoms with van der Waals surface area (Å²) in [5, 5.41) is 10.3. The first-order valence-corrected chi connectivity index (χ1v) is 6.51. The van der Waals surface area contributed by atoms with E-state index >= 15 is 0 Å². The minimum absolute atomic E-state index is 0.0796. The van der Waals surface area contributed by atoms with Crippen molar-refractivity contribution in [2.75, 3.05) is 6.61 Å². The third-order valence-electron chi connectivity index (χ3n) is 3.17. The predicted molar refractivity (Wildman–Crippen MR) is 77.5 cm³/mol. The minimum atomic E-state index is -1.19. The molecular formula is C17H18O3. The van der Waals surface area contributed by atoms with Gasteiger partial charge in [0.1, 0.15) is 12.2 Å². The molecule has 2 aromatic rings. The minimum Gasteiger partial charge on any atom is -0.459 e. The Morgan fingerprint density at radius 3 is 2.30 bits per heavy atom. The van der Waals surface area contributed by atoms with E-state index in [0.717, 1.165) is 11.1 Å². The van der Waals surface area contributed by atoms with Gasteiger partial charge in [0.05, 0.1) is 5.56 Å². The molecule has 0 aliphatic rings. The van der Waals surface area contributed by atoms with Crippen LogP contribution in [0.4, 0.5) is 0 Å². The van der Waals surface area contributed by atoms with Gasteiger partial charge in [-0.25, -0.2) is 4.79 Å². The summed E-state index contributed by atoms with van der Waals surface area (Å²) in [6, 6.07) is 16.3. The summed E-state index contributed by atoms with van der Waals surface area (Å²) in [4.78, 5) is 11.9. The zero-order valence-electron chi connectivity index (χ0n) is 11.7. The Bertz CT molecular complexity index is 571. The molecule has 0 saturated heterocycles. The molecule has 0 spiro atoms. The lowest BCUT2D eigenvalue weighted by Gasteiger charge is -2.23. The number of aliphatic hydroxyl groups is 1. The molecule has 1 atom stereocenters. The Hall–Kier alpha value is -2.13. The molecular weight excluding hydrogens is 252 g/mol. The monoisotopic (exact) mass is 270 g/mol. The predicted octanol–water partition coefficient (Wildman–Crippen LogP) is 3.06. The quantitative estimate of drug-likeness (QED) is 0.868. The Kier molecular flexibility index (Phi) is 4.20. The average Bonchev–Trinajstić information content (AvgIpc) is 2.46. The number of carbonyl (C=O) groups is 1. The maximum absolute atomic E-state index is 11.9. The number of benzene rings is 2. The number of carbonyl (C=O) groups excluding carboxylic acids is 1. The molecule has 1 N–H and O–H groups in total. The lowest BCUT2D eigenvalue weighted by atomic mass is 9.97. The Morgan fingerprint density at radius 1 is 1.10 bits per heavy atom. The second kappa shape index (κ2) is 5.88. The highest BCUT2D eigenvalue weighted by atomic mass is 16.5. The van der Waals surface area contributed by atoms with Gasteiger partial charge >= 0.3 is 5.97 Å². The van der Waals surface area contributed by atoms with Crippen molar-refractivity contribution in [3.63, 3.8) is 0 Å². The molecule has 3 nitrogen and oxygen atoms in total. The van der Waals surface area contributed by atoms with E-state index in [1.54, 1.807) is 31.2 Å². The molecule has 2 aromatic carbocycles. The second-order valence-corrected chi connectivity index (χ2v) is 5.08. The molecule has 1 unspecified atom stereocenters. The van der Waals surface area contributed by atoms with E-state index < -0.39 is 11.6 Å². The van der Waals surface area contributed by atoms with Gasteiger partial charge in [0.2, 0.25) is 0 Å². The molecule has 20 heavy (non-hydrogen) atoms. The van der Waals surface area contributed by atoms with Crippen LogP contribution in [-0.2, 0) is 10.3 Å². The van der Waals surface area contributed by atoms with Crippen molar-refractivity contribution < 1.29 is 14.6 Å². The van der Waals surface area contributed by atoms with Crippen LogP contribution in [0.5, 0.6) is 0 Å². The van der Waals surface area contributed by atoms with Crippen molar-refractivity contribution in [3.8, 4) is 0 Å². The molecule has 0 amide bonds. The molecule has 104 valence electrons. The van der Waals surface area contributed by atoms with Crippen molar-refractivity contribution in [1.82, 2.24) is 0 Å². The molecule has 0 bridgehead atoms. The lowest BCUT2D eigenvalue weighted by Crippen LogP contribution is -2.29. The fourth-order valence-electron chi connectivity index (χ4n) is 1.86. The standard InChI is InChI=1S/C17H18O3/c1-13-8-10-14(11-9-13)16(18)20-12-17(2,19)15-6-4-3-5-7-15/h3-11,19H,12H2,1-2H3. The van der Waals surface area contributed by atoms with Crippen LogP contribution in [-0.4, -0.2) is 17.7 Å². The lowest BCUT2D eigenvalue weighted by molar-refractivity contribution is -0.0240. The van der Waals surface area contributed by atoms with E-state index in [2.05, 4.69) is 0 Å². The molecule has 3 heteroatoms. The van der Waals surface area contributed by atoms with E-state index in [0.29, 0.717) is 5.56 Å². The van der Waals surface area contributed by atoms with Gasteiger partial charge in [0, 0.05) is 0 Å². The van der Waals surface area contributed by atoms with E-state index in [9.17, 15) is 9.90 Å². The van der Waals surface area contributed by atoms with Crippen LogP contribution < -0.4 is 0 Å². The van der Waals surface area contributed by atoms with E-state index in [1.807, 2.05) is 37.3 Å². The zero-order valence-corrected chi connectivity index (χ0v) is 11.7. The van der Waals surface area contributed by atoms with Crippen LogP contribution >= 0.6 is 0 Å². The third-order valence-corrected chi connectivity index (χ3v) is 3.17. The summed E-state index contributed by atoms with van der Waals surface area (Å²) in [7, 11) is 0. The molecule has 0 radical (unpaired) electrons. The molecule has 0 aromatic heterocycles. The topological polar surface area (TPSA) is 46.5 Å². The van der Waals surface area contributed by atoms with E-state index in [-0.39, 0.29) is 6.61 Å². The number of aryl methyl sites for hydroxylation is 1. The number of rotatable bonds is 4. The van der Waals surface area contributed by atoms with Gasteiger partial charge in [0.25, 0.3) is 0 Å². The summed E-state index contributed by atoms with van der Waals surface area (Å²) in [5.41, 5.74) is 1.09. The normalized spacial score (nSPS) is 13.6. The molecule has 0 saturated carbocycles. The first-order chi connectivity index (χ1) is 9.49. The van der Waals surface area contributed by atoms with Crippen molar-refractivity contribution in [2.24, 2.45) is 0 Å². The highest BCUT2D eigenvalue weighted by Gasteiger charge is 2.25. The summed E-state index contributed by atoms with van der Waals surface area (Å²) < 4.78 is 5.20. The number of ether oxygens (including phenoxy) is 1. The molecule has 0 aliphatic carbocycles. The largest absolute Gasteiger partial charge is 0.459 e. The molecule has 0 fully saturated rings. The fourth-order valence-corrected chi connectivity index (χ4v) is 1.86. The average molecular weight is 270 g/mol. The van der Waals surface area contributed by atoms with Crippen LogP contribution in [0.25, 0.3) is 0 Å². The SMILES string of the molecule is Cc1ccc(C(=O)OCC(C)(O)c2ccccc2)cc1. The second-order valence-electron chi connectivity index (χ2n) is 5.08. The summed E-state index contributed by atoms with van der Waals surface area (Å²) >= 11 is 0. The number of hydrogen-bond acceptors (Lipinski definition) is 3. The Labute approximate surface area is 118 Å². The maximum atomic E-state index is 11.9. The molecule has 0 aliphatic heterocycles. The van der Waals surface area contributed by atoms with E-state index in [1.165, 1.54) is 0 Å². The van der Waals surface area contributed by atoms with Crippen LogP contribution in [0, 0.1) is 6.92 Å². The maximum Gasteiger partial charge on any atom is 0.338 e. The van der Waals surface area contributed by atoms with Crippen LogP contribution in [0.3, 0.4) is 0 Å². The van der Waals surface area contributed by atoms with Gasteiger partial charge in [0.15, 0.2) is 0 Å². The first-order valence-electron chi connectivity index (χ1n) is 6.51. The Morgan fingerprint density at radius 2 is 1.70 bits per heavy atom. The van der Waals surface area contributed by atoms with Gasteiger partial charge in [-0.3, -0.25) is 0 Å². The molecule has 2 rings (SSSR count). The smallest absolute Gasteiger partial charge is 0.338 e. The van der Waals surface area contributed by atoms with Crippen molar-refractivity contribution in [2.45, 2.75) is 19.4 Å². The van der Waals surface area contributed by atoms with Gasteiger partial charge in [-0.2, -0.15) is 0 Å². The fraction of sp³-hybridized carbons (Fsp3) is 0.235. The number of esters is 1. The highest BCUT2D eigenvalue weighted by Crippen LogP contribution is 2.21. The highest BCUT2D eigenvalue weighted by molar-refractivity contribution is 5.89. The van der Waals surface area contributed by atoms with Crippen LogP contribution in [0.2, 0.25) is 0 Å². The van der Waals surface area contributed by atoms with E-state index in [4.69, 9.17) is 4.74 Å². The van der Waals surface area contributed by atoms with Crippen LogP contribution in [0.1, 0.15) is 28.4 Å². The van der Waals surface area contributed by atoms with Crippen LogP contribution in [0.15, 0.2) is 54.6 Å². The molecule has 0 heterocycles. The van der Waals surface area contributed by atoms with Gasteiger partial charge in [-0.05, 0) is 31.5 Å². The van der Waals surface area contributed by atoms with Gasteiger partial charge < -0.3 is 9.84 Å². The summed E-state index contributed by atoms with van der Waals surface area (Å²) in [6.45, 7) is 3.50. The Balaban J connectivity index is 2.01. The van der Waals surface area contributed by atoms with Gasteiger partial charge in [-0.15, -0.1) is 0 Å². The summed E-state index contributed by atoms with van der Waals surface area (Å²) in [6.07, 6.45) is 0. The number of hydrogen-bond donors (Lipinski definition) is 1. The van der Waals surface area contributed by atoms with Gasteiger partial charge in [-0.1, -0.05) is 48.0 Å². The zero-order chi connectivity index (χ0) is 14.6.